The molecule has 4 rings (SSSR count). The van der Waals surface area contributed by atoms with Crippen LogP contribution in [-0.2, 0) is 6.18 Å². The van der Waals surface area contributed by atoms with Crippen LogP contribution < -0.4 is 4.90 Å². The molecule has 1 unspecified atom stereocenters. The molecule has 156 valence electrons. The molecule has 1 atom stereocenters. The molecule has 0 N–H and O–H groups in total. The Bertz CT molecular complexity index is 833. The number of anilines is 1. The molecular formula is C20H22F3IN4O. The molecule has 29 heavy (non-hydrogen) atoms. The minimum atomic E-state index is -4.33. The van der Waals surface area contributed by atoms with Gasteiger partial charge >= 0.3 is 12.2 Å². The number of hydrogen-bond acceptors (Lipinski definition) is 3. The third-order valence-corrected chi connectivity index (χ3v) is 6.66. The lowest BCUT2D eigenvalue weighted by Gasteiger charge is -2.37. The number of carbonyl (C=O) groups is 1. The number of fused-ring (bicyclic) bond motifs is 1. The van der Waals surface area contributed by atoms with Crippen molar-refractivity contribution >= 4 is 34.6 Å². The van der Waals surface area contributed by atoms with E-state index in [0.717, 1.165) is 37.8 Å². The highest BCUT2D eigenvalue weighted by Gasteiger charge is 2.40. The van der Waals surface area contributed by atoms with Crippen molar-refractivity contribution in [1.82, 2.24) is 12.9 Å². The largest absolute Gasteiger partial charge is 0.416 e. The molecule has 0 radical (unpaired) electrons. The summed E-state index contributed by atoms with van der Waals surface area (Å²) < 4.78 is 40.5. The molecule has 3 aliphatic rings. The first kappa shape index (κ1) is 20.5. The van der Waals surface area contributed by atoms with Crippen LogP contribution in [-0.4, -0.2) is 64.3 Å². The molecule has 1 aromatic rings. The van der Waals surface area contributed by atoms with E-state index < -0.39 is 11.7 Å². The minimum Gasteiger partial charge on any atom is -0.369 e. The van der Waals surface area contributed by atoms with E-state index in [0.29, 0.717) is 25.3 Å². The maximum Gasteiger partial charge on any atom is 0.416 e. The number of benzene rings is 1. The van der Waals surface area contributed by atoms with E-state index in [1.807, 2.05) is 22.0 Å². The highest BCUT2D eigenvalue weighted by molar-refractivity contribution is 14.1. The van der Waals surface area contributed by atoms with Gasteiger partial charge in [-0.05, 0) is 30.7 Å². The van der Waals surface area contributed by atoms with E-state index in [1.165, 1.54) is 12.1 Å². The van der Waals surface area contributed by atoms with Crippen LogP contribution in [0.4, 0.5) is 23.7 Å². The Hall–Kier alpha value is -1.75. The number of urea groups is 1. The lowest BCUT2D eigenvalue weighted by atomic mass is 10.1. The lowest BCUT2D eigenvalue weighted by Crippen LogP contribution is -2.49. The summed E-state index contributed by atoms with van der Waals surface area (Å²) in [6.07, 6.45) is 2.57. The minimum absolute atomic E-state index is 0.0214. The molecule has 2 heterocycles. The summed E-state index contributed by atoms with van der Waals surface area (Å²) in [5.74, 6) is 0. The molecule has 2 amide bonds. The molecule has 1 aliphatic carbocycles. The van der Waals surface area contributed by atoms with E-state index in [1.54, 1.807) is 9.18 Å². The molecule has 2 saturated heterocycles. The number of amides is 2. The first-order valence-electron chi connectivity index (χ1n) is 9.62. The Balaban J connectivity index is 1.31. The number of hydrogen-bond donors (Lipinski definition) is 0. The second kappa shape index (κ2) is 8.17. The predicted molar refractivity (Wildman–Crippen MR) is 114 cm³/mol. The number of piperazine rings is 1. The normalized spacial score (nSPS) is 22.9. The van der Waals surface area contributed by atoms with Crippen LogP contribution >= 0.6 is 22.9 Å². The van der Waals surface area contributed by atoms with Crippen LogP contribution in [0, 0.1) is 0 Å². The highest BCUT2D eigenvalue weighted by atomic mass is 127. The first-order chi connectivity index (χ1) is 13.8. The van der Waals surface area contributed by atoms with Crippen molar-refractivity contribution in [3.05, 3.63) is 53.8 Å². The Morgan fingerprint density at radius 2 is 1.86 bits per heavy atom. The smallest absolute Gasteiger partial charge is 0.369 e. The summed E-state index contributed by atoms with van der Waals surface area (Å²) in [5.41, 5.74) is 1.03. The SMILES string of the molecule is O=C1N(I)C2=CC=CCC2N1CCN1CCN(c2cccc(C(F)(F)F)c2)CC1. The Morgan fingerprint density at radius 1 is 1.10 bits per heavy atom. The van der Waals surface area contributed by atoms with Crippen molar-refractivity contribution in [2.45, 2.75) is 18.6 Å². The summed E-state index contributed by atoms with van der Waals surface area (Å²) in [5, 5.41) is 0. The van der Waals surface area contributed by atoms with Crippen LogP contribution in [0.5, 0.6) is 0 Å². The van der Waals surface area contributed by atoms with Gasteiger partial charge in [0.25, 0.3) is 0 Å². The van der Waals surface area contributed by atoms with E-state index in [2.05, 4.69) is 33.8 Å². The molecular weight excluding hydrogens is 496 g/mol. The van der Waals surface area contributed by atoms with Crippen molar-refractivity contribution in [3.63, 3.8) is 0 Å². The summed E-state index contributed by atoms with van der Waals surface area (Å²) >= 11 is 2.06. The molecule has 9 heteroatoms. The number of carbonyl (C=O) groups excluding carboxylic acids is 1. The van der Waals surface area contributed by atoms with Gasteiger partial charge < -0.3 is 9.80 Å². The average molecular weight is 518 g/mol. The molecule has 0 spiro atoms. The van der Waals surface area contributed by atoms with Crippen molar-refractivity contribution in [1.29, 1.82) is 0 Å². The second-order valence-electron chi connectivity index (χ2n) is 7.40. The van der Waals surface area contributed by atoms with Gasteiger partial charge in [-0.25, -0.2) is 7.91 Å². The van der Waals surface area contributed by atoms with Gasteiger partial charge in [-0.2, -0.15) is 13.2 Å². The fourth-order valence-corrected chi connectivity index (χ4v) is 4.81. The zero-order valence-corrected chi connectivity index (χ0v) is 17.9. The van der Waals surface area contributed by atoms with Crippen LogP contribution in [0.2, 0.25) is 0 Å². The molecule has 0 aromatic heterocycles. The van der Waals surface area contributed by atoms with E-state index in [-0.39, 0.29) is 12.1 Å². The van der Waals surface area contributed by atoms with Crippen molar-refractivity contribution in [2.24, 2.45) is 0 Å². The van der Waals surface area contributed by atoms with E-state index in [4.69, 9.17) is 0 Å². The molecule has 0 saturated carbocycles. The van der Waals surface area contributed by atoms with Gasteiger partial charge in [-0.1, -0.05) is 18.2 Å². The molecule has 2 fully saturated rings. The second-order valence-corrected chi connectivity index (χ2v) is 8.37. The van der Waals surface area contributed by atoms with Gasteiger partial charge in [-0.15, -0.1) is 0 Å². The molecule has 0 bridgehead atoms. The zero-order valence-electron chi connectivity index (χ0n) is 15.8. The van der Waals surface area contributed by atoms with Gasteiger partial charge in [-0.3, -0.25) is 4.90 Å². The summed E-state index contributed by atoms with van der Waals surface area (Å²) in [4.78, 5) is 18.7. The van der Waals surface area contributed by atoms with Gasteiger partial charge in [0.15, 0.2) is 0 Å². The fraction of sp³-hybridized carbons (Fsp3) is 0.450. The standard InChI is InChI=1S/C20H22F3IN4O/c21-20(22,23)15-4-3-5-16(14-15)26-11-8-25(9-12-26)10-13-27-17-6-1-2-7-18(17)28(24)19(27)29/h1-5,7,14,17H,6,8-13H2. The van der Waals surface area contributed by atoms with Gasteiger partial charge in [0.2, 0.25) is 0 Å². The monoisotopic (exact) mass is 518 g/mol. The van der Waals surface area contributed by atoms with Crippen LogP contribution in [0.3, 0.4) is 0 Å². The van der Waals surface area contributed by atoms with Crippen molar-refractivity contribution in [2.75, 3.05) is 44.2 Å². The maximum atomic E-state index is 13.0. The highest BCUT2D eigenvalue weighted by Crippen LogP contribution is 2.34. The van der Waals surface area contributed by atoms with Gasteiger partial charge in [0, 0.05) is 45.0 Å². The Morgan fingerprint density at radius 3 is 2.59 bits per heavy atom. The Kier molecular flexibility index (Phi) is 5.78. The fourth-order valence-electron chi connectivity index (χ4n) is 4.05. The number of rotatable bonds is 4. The van der Waals surface area contributed by atoms with Crippen molar-refractivity contribution < 1.29 is 18.0 Å². The first-order valence-corrected chi connectivity index (χ1v) is 10.6. The van der Waals surface area contributed by atoms with Crippen molar-refractivity contribution in [3.8, 4) is 0 Å². The number of alkyl halides is 3. The predicted octanol–water partition coefficient (Wildman–Crippen LogP) is 4.13. The van der Waals surface area contributed by atoms with E-state index in [9.17, 15) is 18.0 Å². The summed E-state index contributed by atoms with van der Waals surface area (Å²) in [6, 6.07) is 5.64. The van der Waals surface area contributed by atoms with Gasteiger partial charge in [0.1, 0.15) is 0 Å². The number of nitrogens with zero attached hydrogens (tertiary/aromatic N) is 4. The average Bonchev–Trinajstić information content (AvgIpc) is 2.97. The third kappa shape index (κ3) is 4.25. The van der Waals surface area contributed by atoms with Crippen LogP contribution in [0.1, 0.15) is 12.0 Å². The number of allylic oxidation sites excluding steroid dienone is 2. The summed E-state index contributed by atoms with van der Waals surface area (Å²) in [6.45, 7) is 4.28. The third-order valence-electron chi connectivity index (χ3n) is 5.69. The zero-order chi connectivity index (χ0) is 20.6. The maximum absolute atomic E-state index is 13.0. The summed E-state index contributed by atoms with van der Waals surface area (Å²) in [7, 11) is 0. The quantitative estimate of drug-likeness (QED) is 0.444. The molecule has 2 aliphatic heterocycles. The van der Waals surface area contributed by atoms with Gasteiger partial charge in [0.05, 0.1) is 40.2 Å². The van der Waals surface area contributed by atoms with Crippen LogP contribution in [0.15, 0.2) is 48.2 Å². The molecule has 1 aromatic carbocycles. The number of halogens is 4. The topological polar surface area (TPSA) is 30.0 Å². The lowest BCUT2D eigenvalue weighted by molar-refractivity contribution is -0.137. The molecule has 5 nitrogen and oxygen atoms in total. The van der Waals surface area contributed by atoms with E-state index >= 15 is 0 Å². The van der Waals surface area contributed by atoms with Crippen LogP contribution in [0.25, 0.3) is 0 Å². The Labute approximate surface area is 181 Å².